The molecule has 0 radical (unpaired) electrons. The maximum Gasteiger partial charge on any atom is 0.237 e. The molecular weight excluding hydrogens is 409 g/mol. The summed E-state index contributed by atoms with van der Waals surface area (Å²) in [7, 11) is 1.64. The topological polar surface area (TPSA) is 38.3 Å². The highest BCUT2D eigenvalue weighted by atomic mass is 127. The van der Waals surface area contributed by atoms with Crippen molar-refractivity contribution in [2.24, 2.45) is 0 Å². The molecule has 22 heavy (non-hydrogen) atoms. The van der Waals surface area contributed by atoms with Gasteiger partial charge in [-0.1, -0.05) is 0 Å². The maximum atomic E-state index is 12.3. The van der Waals surface area contributed by atoms with Gasteiger partial charge in [-0.25, -0.2) is 0 Å². The van der Waals surface area contributed by atoms with E-state index in [0.29, 0.717) is 0 Å². The Morgan fingerprint density at radius 1 is 1.23 bits per heavy atom. The Hall–Kier alpha value is -1.21. The van der Waals surface area contributed by atoms with E-state index in [2.05, 4.69) is 34.0 Å². The Morgan fingerprint density at radius 2 is 1.91 bits per heavy atom. The molecule has 5 heteroatoms. The predicted molar refractivity (Wildman–Crippen MR) is 101 cm³/mol. The number of carbonyl (C=O) groups is 1. The van der Waals surface area contributed by atoms with Gasteiger partial charge in [0, 0.05) is 14.2 Å². The molecule has 0 aliphatic heterocycles. The summed E-state index contributed by atoms with van der Waals surface area (Å²) in [6, 6.07) is 13.7. The third-order valence-corrected chi connectivity index (χ3v) is 4.97. The Balaban J connectivity index is 1.99. The lowest BCUT2D eigenvalue weighted by Gasteiger charge is -2.14. The van der Waals surface area contributed by atoms with Crippen LogP contribution in [0.4, 0.5) is 5.69 Å². The number of nitrogens with one attached hydrogen (secondary N) is 1. The highest BCUT2D eigenvalue weighted by molar-refractivity contribution is 14.1. The molecule has 2 aromatic carbocycles. The molecule has 0 aliphatic rings. The van der Waals surface area contributed by atoms with Gasteiger partial charge < -0.3 is 10.1 Å². The summed E-state index contributed by atoms with van der Waals surface area (Å²) in [5, 5.41) is 2.82. The van der Waals surface area contributed by atoms with Gasteiger partial charge in [0.25, 0.3) is 0 Å². The van der Waals surface area contributed by atoms with Gasteiger partial charge in [-0.05, 0) is 84.5 Å². The van der Waals surface area contributed by atoms with E-state index in [-0.39, 0.29) is 11.2 Å². The van der Waals surface area contributed by atoms with Crippen molar-refractivity contribution in [3.05, 3.63) is 51.6 Å². The number of ether oxygens (including phenoxy) is 1. The SMILES string of the molecule is COc1ccc(S[C@H](C)C(=O)Nc2ccc(I)cc2C)cc1. The largest absolute Gasteiger partial charge is 0.497 e. The molecule has 0 bridgehead atoms. The zero-order chi connectivity index (χ0) is 16.1. The van der Waals surface area contributed by atoms with Crippen LogP contribution in [0.25, 0.3) is 0 Å². The monoisotopic (exact) mass is 427 g/mol. The van der Waals surface area contributed by atoms with Crippen LogP contribution in [0, 0.1) is 10.5 Å². The number of methoxy groups -OCH3 is 1. The number of hydrogen-bond acceptors (Lipinski definition) is 3. The van der Waals surface area contributed by atoms with E-state index >= 15 is 0 Å². The lowest BCUT2D eigenvalue weighted by Crippen LogP contribution is -2.22. The van der Waals surface area contributed by atoms with E-state index in [1.165, 1.54) is 11.8 Å². The molecule has 1 N–H and O–H groups in total. The Labute approximate surface area is 149 Å². The van der Waals surface area contributed by atoms with Crippen LogP contribution >= 0.6 is 34.4 Å². The molecule has 2 aromatic rings. The fourth-order valence-corrected chi connectivity index (χ4v) is 3.43. The molecule has 1 amide bonds. The first-order valence-electron chi connectivity index (χ1n) is 6.87. The second-order valence-electron chi connectivity index (χ2n) is 4.88. The molecule has 0 saturated carbocycles. The van der Waals surface area contributed by atoms with Gasteiger partial charge in [-0.2, -0.15) is 0 Å². The van der Waals surface area contributed by atoms with Crippen molar-refractivity contribution in [2.75, 3.05) is 12.4 Å². The standard InChI is InChI=1S/C17H18INO2S/c1-11-10-13(18)4-9-16(11)19-17(20)12(2)22-15-7-5-14(21-3)6-8-15/h4-10,12H,1-3H3,(H,19,20)/t12-/m1/s1. The molecule has 3 nitrogen and oxygen atoms in total. The minimum atomic E-state index is -0.174. The smallest absolute Gasteiger partial charge is 0.237 e. The Bertz CT molecular complexity index is 658. The van der Waals surface area contributed by atoms with E-state index in [9.17, 15) is 4.79 Å². The molecule has 116 valence electrons. The van der Waals surface area contributed by atoms with E-state index in [0.717, 1.165) is 25.5 Å². The number of benzene rings is 2. The van der Waals surface area contributed by atoms with Crippen molar-refractivity contribution < 1.29 is 9.53 Å². The van der Waals surface area contributed by atoms with Crippen LogP contribution < -0.4 is 10.1 Å². The first-order valence-corrected chi connectivity index (χ1v) is 8.83. The first kappa shape index (κ1) is 17.1. The van der Waals surface area contributed by atoms with Gasteiger partial charge in [0.2, 0.25) is 5.91 Å². The summed E-state index contributed by atoms with van der Waals surface area (Å²) in [5.41, 5.74) is 1.94. The molecule has 1 atom stereocenters. The van der Waals surface area contributed by atoms with Crippen LogP contribution in [0.15, 0.2) is 47.4 Å². The van der Waals surface area contributed by atoms with Crippen LogP contribution in [0.3, 0.4) is 0 Å². The predicted octanol–water partition coefficient (Wildman–Crippen LogP) is 4.73. The molecule has 0 aliphatic carbocycles. The van der Waals surface area contributed by atoms with Crippen molar-refractivity contribution >= 4 is 45.9 Å². The first-order chi connectivity index (χ1) is 10.5. The summed E-state index contributed by atoms with van der Waals surface area (Å²) in [6.07, 6.45) is 0. The second-order valence-corrected chi connectivity index (χ2v) is 7.54. The van der Waals surface area contributed by atoms with Gasteiger partial charge in [-0.3, -0.25) is 4.79 Å². The van der Waals surface area contributed by atoms with Gasteiger partial charge in [0.05, 0.1) is 12.4 Å². The van der Waals surface area contributed by atoms with Crippen molar-refractivity contribution in [1.82, 2.24) is 0 Å². The maximum absolute atomic E-state index is 12.3. The number of hydrogen-bond donors (Lipinski definition) is 1. The minimum absolute atomic E-state index is 0.00475. The zero-order valence-corrected chi connectivity index (χ0v) is 15.7. The van der Waals surface area contributed by atoms with Gasteiger partial charge in [-0.15, -0.1) is 11.8 Å². The van der Waals surface area contributed by atoms with E-state index in [1.807, 2.05) is 50.2 Å². The molecule has 0 spiro atoms. The van der Waals surface area contributed by atoms with Crippen LogP contribution in [0.5, 0.6) is 5.75 Å². The lowest BCUT2D eigenvalue weighted by molar-refractivity contribution is -0.115. The second kappa shape index (κ2) is 7.87. The number of anilines is 1. The fourth-order valence-electron chi connectivity index (χ4n) is 1.91. The van der Waals surface area contributed by atoms with Gasteiger partial charge >= 0.3 is 0 Å². The molecule has 0 heterocycles. The number of amides is 1. The molecule has 0 unspecified atom stereocenters. The fraction of sp³-hybridized carbons (Fsp3) is 0.235. The third kappa shape index (κ3) is 4.64. The van der Waals surface area contributed by atoms with Crippen LogP contribution in [-0.2, 0) is 4.79 Å². The van der Waals surface area contributed by atoms with E-state index in [1.54, 1.807) is 7.11 Å². The third-order valence-electron chi connectivity index (χ3n) is 3.19. The molecule has 0 saturated heterocycles. The Kier molecular flexibility index (Phi) is 6.14. The zero-order valence-electron chi connectivity index (χ0n) is 12.7. The van der Waals surface area contributed by atoms with Gasteiger partial charge in [0.15, 0.2) is 0 Å². The molecule has 0 aromatic heterocycles. The average Bonchev–Trinajstić information content (AvgIpc) is 2.50. The van der Waals surface area contributed by atoms with Crippen LogP contribution in [0.1, 0.15) is 12.5 Å². The lowest BCUT2D eigenvalue weighted by atomic mass is 10.2. The normalized spacial score (nSPS) is 11.8. The number of rotatable bonds is 5. The van der Waals surface area contributed by atoms with Gasteiger partial charge in [0.1, 0.15) is 5.75 Å². The summed E-state index contributed by atoms with van der Waals surface area (Å²) in [4.78, 5) is 13.4. The summed E-state index contributed by atoms with van der Waals surface area (Å²) in [5.74, 6) is 0.820. The van der Waals surface area contributed by atoms with Crippen molar-refractivity contribution in [2.45, 2.75) is 24.0 Å². The number of halogens is 1. The highest BCUT2D eigenvalue weighted by Crippen LogP contribution is 2.26. The quantitative estimate of drug-likeness (QED) is 0.554. The number of thioether (sulfide) groups is 1. The summed E-state index contributed by atoms with van der Waals surface area (Å²) >= 11 is 3.79. The molecule has 2 rings (SSSR count). The van der Waals surface area contributed by atoms with E-state index < -0.39 is 0 Å². The van der Waals surface area contributed by atoms with Crippen LogP contribution in [0.2, 0.25) is 0 Å². The summed E-state index contributed by atoms with van der Waals surface area (Å²) in [6.45, 7) is 3.91. The number of carbonyl (C=O) groups excluding carboxylic acids is 1. The van der Waals surface area contributed by atoms with Crippen LogP contribution in [-0.4, -0.2) is 18.3 Å². The van der Waals surface area contributed by atoms with Crippen molar-refractivity contribution in [1.29, 1.82) is 0 Å². The molecule has 0 fully saturated rings. The van der Waals surface area contributed by atoms with Crippen molar-refractivity contribution in [3.63, 3.8) is 0 Å². The average molecular weight is 427 g/mol. The number of aryl methyl sites for hydroxylation is 1. The van der Waals surface area contributed by atoms with Crippen molar-refractivity contribution in [3.8, 4) is 5.75 Å². The summed E-state index contributed by atoms with van der Waals surface area (Å²) < 4.78 is 6.30. The molecular formula is C17H18INO2S. The van der Waals surface area contributed by atoms with E-state index in [4.69, 9.17) is 4.74 Å². The highest BCUT2D eigenvalue weighted by Gasteiger charge is 2.15. The minimum Gasteiger partial charge on any atom is -0.497 e. The Morgan fingerprint density at radius 3 is 2.50 bits per heavy atom.